The maximum atomic E-state index is 12.6. The molecule has 2 atom stereocenters. The molecule has 1 aliphatic heterocycles. The molecular formula is C22H27N9O2. The van der Waals surface area contributed by atoms with Gasteiger partial charge in [0.1, 0.15) is 18.0 Å². The van der Waals surface area contributed by atoms with E-state index in [1.807, 2.05) is 30.4 Å². The summed E-state index contributed by atoms with van der Waals surface area (Å²) < 4.78 is 2.01. The third kappa shape index (κ3) is 4.15. The van der Waals surface area contributed by atoms with Crippen molar-refractivity contribution in [1.82, 2.24) is 39.7 Å². The van der Waals surface area contributed by atoms with E-state index in [1.54, 1.807) is 12.4 Å². The Bertz CT molecular complexity index is 1200. The van der Waals surface area contributed by atoms with Crippen LogP contribution in [0.3, 0.4) is 0 Å². The minimum Gasteiger partial charge on any atom is -0.364 e. The lowest BCUT2D eigenvalue weighted by Gasteiger charge is -2.17. The van der Waals surface area contributed by atoms with Gasteiger partial charge >= 0.3 is 0 Å². The van der Waals surface area contributed by atoms with E-state index in [9.17, 15) is 9.59 Å². The molecule has 1 unspecified atom stereocenters. The summed E-state index contributed by atoms with van der Waals surface area (Å²) in [5.74, 6) is 1.67. The quantitative estimate of drug-likeness (QED) is 0.532. The number of nitrogens with one attached hydrogen (secondary N) is 2. The number of fused-ring (bicyclic) bond motifs is 1. The second-order valence-electron chi connectivity index (χ2n) is 8.75. The molecule has 0 aromatic carbocycles. The maximum absolute atomic E-state index is 12.6. The Morgan fingerprint density at radius 1 is 1.12 bits per heavy atom. The van der Waals surface area contributed by atoms with Gasteiger partial charge in [0.15, 0.2) is 17.0 Å². The second-order valence-corrected chi connectivity index (χ2v) is 8.75. The lowest BCUT2D eigenvalue weighted by atomic mass is 10.1. The first-order valence-electron chi connectivity index (χ1n) is 11.3. The first-order valence-corrected chi connectivity index (χ1v) is 11.3. The predicted molar refractivity (Wildman–Crippen MR) is 121 cm³/mol. The minimum absolute atomic E-state index is 0.00526. The number of rotatable bonds is 6. The summed E-state index contributed by atoms with van der Waals surface area (Å²) in [6.45, 7) is 5.20. The van der Waals surface area contributed by atoms with Crippen LogP contribution in [0.15, 0.2) is 18.7 Å². The molecule has 2 aliphatic rings. The van der Waals surface area contributed by atoms with Crippen LogP contribution < -0.4 is 10.6 Å². The van der Waals surface area contributed by atoms with Crippen LogP contribution in [-0.4, -0.2) is 71.9 Å². The van der Waals surface area contributed by atoms with Crippen LogP contribution in [-0.2, 0) is 16.1 Å². The number of likely N-dealkylation sites (N-methyl/N-ethyl adjacent to an activating group) is 1. The summed E-state index contributed by atoms with van der Waals surface area (Å²) in [7, 11) is 1.89. The van der Waals surface area contributed by atoms with Gasteiger partial charge in [0.25, 0.3) is 0 Å². The number of carbonyl (C=O) groups is 2. The van der Waals surface area contributed by atoms with Crippen LogP contribution in [0.1, 0.15) is 32.0 Å². The van der Waals surface area contributed by atoms with Crippen LogP contribution in [0.25, 0.3) is 22.6 Å². The lowest BCUT2D eigenvalue weighted by molar-refractivity contribution is -0.133. The SMILES string of the molecule is CCn1c(-c2cnc(C)nc2)nc2c(NC3C[C@H](C(=O)NC(=O)C4CC4)N(C)C3)ncnc21. The molecule has 1 saturated heterocycles. The average Bonchev–Trinajstić information content (AvgIpc) is 3.49. The summed E-state index contributed by atoms with van der Waals surface area (Å²) in [4.78, 5) is 48.9. The number of imidazole rings is 1. The molecule has 11 nitrogen and oxygen atoms in total. The van der Waals surface area contributed by atoms with E-state index in [-0.39, 0.29) is 29.8 Å². The third-order valence-electron chi connectivity index (χ3n) is 6.27. The molecular weight excluding hydrogens is 422 g/mol. The van der Waals surface area contributed by atoms with E-state index < -0.39 is 0 Å². The monoisotopic (exact) mass is 449 g/mol. The molecule has 11 heteroatoms. The van der Waals surface area contributed by atoms with E-state index in [0.29, 0.717) is 36.7 Å². The molecule has 3 aromatic rings. The number of imide groups is 1. The van der Waals surface area contributed by atoms with Crippen molar-refractivity contribution >= 4 is 28.8 Å². The van der Waals surface area contributed by atoms with E-state index in [2.05, 4.69) is 30.6 Å². The van der Waals surface area contributed by atoms with Gasteiger partial charge in [-0.05, 0) is 40.2 Å². The Hall–Kier alpha value is -3.47. The van der Waals surface area contributed by atoms with Gasteiger partial charge in [0.05, 0.1) is 11.6 Å². The smallest absolute Gasteiger partial charge is 0.243 e. The zero-order chi connectivity index (χ0) is 23.1. The number of aryl methyl sites for hydroxylation is 2. The molecule has 2 N–H and O–H groups in total. The molecule has 1 saturated carbocycles. The highest BCUT2D eigenvalue weighted by Gasteiger charge is 2.38. The van der Waals surface area contributed by atoms with E-state index in [4.69, 9.17) is 4.98 Å². The Balaban J connectivity index is 1.37. The zero-order valence-corrected chi connectivity index (χ0v) is 18.9. The average molecular weight is 450 g/mol. The highest BCUT2D eigenvalue weighted by Crippen LogP contribution is 2.30. The van der Waals surface area contributed by atoms with Crippen LogP contribution in [0.2, 0.25) is 0 Å². The lowest BCUT2D eigenvalue weighted by Crippen LogP contribution is -2.44. The molecule has 1 aliphatic carbocycles. The largest absolute Gasteiger partial charge is 0.364 e. The van der Waals surface area contributed by atoms with E-state index in [1.165, 1.54) is 6.33 Å². The third-order valence-corrected chi connectivity index (χ3v) is 6.27. The predicted octanol–water partition coefficient (Wildman–Crippen LogP) is 1.15. The van der Waals surface area contributed by atoms with Gasteiger partial charge in [0.2, 0.25) is 11.8 Å². The molecule has 5 rings (SSSR count). The Kier molecular flexibility index (Phi) is 5.49. The fourth-order valence-corrected chi connectivity index (χ4v) is 4.33. The normalized spacial score (nSPS) is 20.8. The van der Waals surface area contributed by atoms with Crippen molar-refractivity contribution in [3.63, 3.8) is 0 Å². The minimum atomic E-state index is -0.365. The van der Waals surface area contributed by atoms with E-state index in [0.717, 1.165) is 29.9 Å². The number of amides is 2. The molecule has 2 amide bonds. The van der Waals surface area contributed by atoms with Crippen LogP contribution in [0.5, 0.6) is 0 Å². The van der Waals surface area contributed by atoms with Crippen molar-refractivity contribution in [2.45, 2.75) is 51.7 Å². The summed E-state index contributed by atoms with van der Waals surface area (Å²) in [6.07, 6.45) is 7.34. The number of hydrogen-bond acceptors (Lipinski definition) is 9. The molecule has 4 heterocycles. The van der Waals surface area contributed by atoms with Gasteiger partial charge in [-0.2, -0.15) is 0 Å². The van der Waals surface area contributed by atoms with Crippen molar-refractivity contribution in [1.29, 1.82) is 0 Å². The maximum Gasteiger partial charge on any atom is 0.243 e. The van der Waals surface area contributed by atoms with Crippen molar-refractivity contribution in [2.75, 3.05) is 18.9 Å². The van der Waals surface area contributed by atoms with Crippen molar-refractivity contribution in [2.24, 2.45) is 5.92 Å². The van der Waals surface area contributed by atoms with Gasteiger partial charge < -0.3 is 9.88 Å². The van der Waals surface area contributed by atoms with Gasteiger partial charge in [-0.25, -0.2) is 24.9 Å². The summed E-state index contributed by atoms with van der Waals surface area (Å²) >= 11 is 0. The van der Waals surface area contributed by atoms with Crippen molar-refractivity contribution in [3.8, 4) is 11.4 Å². The first-order chi connectivity index (χ1) is 15.9. The number of carbonyl (C=O) groups excluding carboxylic acids is 2. The molecule has 33 heavy (non-hydrogen) atoms. The molecule has 2 fully saturated rings. The molecule has 3 aromatic heterocycles. The van der Waals surface area contributed by atoms with Gasteiger partial charge in [-0.1, -0.05) is 0 Å². The summed E-state index contributed by atoms with van der Waals surface area (Å²) in [6, 6.07) is -0.381. The van der Waals surface area contributed by atoms with Crippen molar-refractivity contribution < 1.29 is 9.59 Å². The highest BCUT2D eigenvalue weighted by molar-refractivity contribution is 5.99. The van der Waals surface area contributed by atoms with Crippen molar-refractivity contribution in [3.05, 3.63) is 24.5 Å². The molecule has 0 radical (unpaired) electrons. The van der Waals surface area contributed by atoms with Gasteiger partial charge in [-0.3, -0.25) is 19.8 Å². The zero-order valence-electron chi connectivity index (χ0n) is 18.9. The molecule has 0 spiro atoms. The highest BCUT2D eigenvalue weighted by atomic mass is 16.2. The van der Waals surface area contributed by atoms with Crippen LogP contribution in [0, 0.1) is 12.8 Å². The molecule has 172 valence electrons. The summed E-state index contributed by atoms with van der Waals surface area (Å²) in [5, 5.41) is 6.02. The fraction of sp³-hybridized carbons (Fsp3) is 0.500. The fourth-order valence-electron chi connectivity index (χ4n) is 4.33. The van der Waals surface area contributed by atoms with Crippen LogP contribution in [0.4, 0.5) is 5.82 Å². The Labute approximate surface area is 191 Å². The molecule has 0 bridgehead atoms. The second kappa shape index (κ2) is 8.47. The van der Waals surface area contributed by atoms with E-state index >= 15 is 0 Å². The summed E-state index contributed by atoms with van der Waals surface area (Å²) in [5.41, 5.74) is 2.19. The van der Waals surface area contributed by atoms with Gasteiger partial charge in [0, 0.05) is 37.4 Å². The Morgan fingerprint density at radius 3 is 2.58 bits per heavy atom. The number of aromatic nitrogens is 6. The standard InChI is InChI=1S/C22H27N9O2/c1-4-31-19(14-8-23-12(2)24-9-14)28-17-18(25-11-26-20(17)31)27-15-7-16(30(3)10-15)22(33)29-21(32)13-5-6-13/h8-9,11,13,15-16H,4-7,10H2,1-3H3,(H,25,26,27)(H,29,32,33)/t15?,16-/m1/s1. The first kappa shape index (κ1) is 21.4. The number of nitrogens with zero attached hydrogens (tertiary/aromatic N) is 7. The van der Waals surface area contributed by atoms with Gasteiger partial charge in [-0.15, -0.1) is 0 Å². The van der Waals surface area contributed by atoms with Crippen LogP contribution >= 0.6 is 0 Å². The number of likely N-dealkylation sites (tertiary alicyclic amines) is 1. The number of anilines is 1. The Morgan fingerprint density at radius 2 is 1.88 bits per heavy atom. The topological polar surface area (TPSA) is 131 Å². The number of hydrogen-bond donors (Lipinski definition) is 2.